The standard InChI is InChI=1S/C13H19N5OS/c1-9-7-12(19)18-13(15-9)20-11(16-18)8-17(2)10-3-5-14-6-4-10/h7,10,14H,3-6,8H2,1-2H3. The van der Waals surface area contributed by atoms with Gasteiger partial charge in [0.25, 0.3) is 5.56 Å². The van der Waals surface area contributed by atoms with Crippen LogP contribution in [-0.2, 0) is 6.54 Å². The van der Waals surface area contributed by atoms with Crippen molar-refractivity contribution >= 4 is 16.3 Å². The SMILES string of the molecule is Cc1cc(=O)n2nc(CN(C)C3CCNCC3)sc2n1. The van der Waals surface area contributed by atoms with Crippen molar-refractivity contribution in [2.45, 2.75) is 32.4 Å². The van der Waals surface area contributed by atoms with Crippen LogP contribution in [0.3, 0.4) is 0 Å². The molecule has 3 rings (SSSR count). The van der Waals surface area contributed by atoms with Gasteiger partial charge in [-0.2, -0.15) is 9.61 Å². The Labute approximate surface area is 121 Å². The van der Waals surface area contributed by atoms with Crippen LogP contribution in [0.2, 0.25) is 0 Å². The summed E-state index contributed by atoms with van der Waals surface area (Å²) in [6.07, 6.45) is 2.33. The van der Waals surface area contributed by atoms with E-state index in [-0.39, 0.29) is 5.56 Å². The van der Waals surface area contributed by atoms with Crippen molar-refractivity contribution in [1.29, 1.82) is 0 Å². The van der Waals surface area contributed by atoms with Crippen LogP contribution < -0.4 is 10.9 Å². The number of fused-ring (bicyclic) bond motifs is 1. The Bertz CT molecular complexity index is 658. The van der Waals surface area contributed by atoms with E-state index in [1.807, 2.05) is 6.92 Å². The molecule has 108 valence electrons. The first-order valence-corrected chi connectivity index (χ1v) is 7.72. The third kappa shape index (κ3) is 2.74. The lowest BCUT2D eigenvalue weighted by atomic mass is 10.1. The zero-order valence-electron chi connectivity index (χ0n) is 11.8. The molecule has 1 saturated heterocycles. The lowest BCUT2D eigenvalue weighted by Gasteiger charge is -2.30. The Balaban J connectivity index is 1.80. The Morgan fingerprint density at radius 1 is 1.50 bits per heavy atom. The van der Waals surface area contributed by atoms with Gasteiger partial charge in [0.15, 0.2) is 0 Å². The fourth-order valence-corrected chi connectivity index (χ4v) is 3.62. The van der Waals surface area contributed by atoms with Crippen LogP contribution >= 0.6 is 11.3 Å². The predicted octanol–water partition coefficient (Wildman–Crippen LogP) is 0.643. The number of hydrogen-bond acceptors (Lipinski definition) is 6. The molecule has 1 aliphatic heterocycles. The Kier molecular flexibility index (Phi) is 3.82. The summed E-state index contributed by atoms with van der Waals surface area (Å²) in [5.41, 5.74) is 0.649. The first-order chi connectivity index (χ1) is 9.63. The molecule has 7 heteroatoms. The maximum atomic E-state index is 11.8. The monoisotopic (exact) mass is 293 g/mol. The molecular formula is C13H19N5OS. The summed E-state index contributed by atoms with van der Waals surface area (Å²) >= 11 is 1.50. The van der Waals surface area contributed by atoms with Gasteiger partial charge in [0.2, 0.25) is 4.96 Å². The van der Waals surface area contributed by atoms with Crippen LogP contribution in [0.4, 0.5) is 0 Å². The molecule has 0 amide bonds. The lowest BCUT2D eigenvalue weighted by Crippen LogP contribution is -2.40. The highest BCUT2D eigenvalue weighted by Crippen LogP contribution is 2.17. The van der Waals surface area contributed by atoms with Gasteiger partial charge < -0.3 is 5.32 Å². The minimum atomic E-state index is -0.0977. The number of aromatic nitrogens is 3. The number of hydrogen-bond donors (Lipinski definition) is 1. The van der Waals surface area contributed by atoms with E-state index in [9.17, 15) is 4.79 Å². The van der Waals surface area contributed by atoms with Gasteiger partial charge in [-0.1, -0.05) is 11.3 Å². The molecule has 3 heterocycles. The van der Waals surface area contributed by atoms with Crippen LogP contribution in [-0.4, -0.2) is 45.7 Å². The van der Waals surface area contributed by atoms with Crippen LogP contribution in [0.5, 0.6) is 0 Å². The summed E-state index contributed by atoms with van der Waals surface area (Å²) in [6, 6.07) is 2.11. The topological polar surface area (TPSA) is 62.5 Å². The molecule has 0 spiro atoms. The molecule has 1 fully saturated rings. The predicted molar refractivity (Wildman–Crippen MR) is 79.2 cm³/mol. The van der Waals surface area contributed by atoms with Crippen molar-refractivity contribution in [2.75, 3.05) is 20.1 Å². The molecule has 0 aromatic carbocycles. The fraction of sp³-hybridized carbons (Fsp3) is 0.615. The van der Waals surface area contributed by atoms with Crippen LogP contribution in [0.15, 0.2) is 10.9 Å². The van der Waals surface area contributed by atoms with Crippen molar-refractivity contribution in [1.82, 2.24) is 24.8 Å². The highest BCUT2D eigenvalue weighted by atomic mass is 32.1. The highest BCUT2D eigenvalue weighted by molar-refractivity contribution is 7.16. The molecule has 0 bridgehead atoms. The van der Waals surface area contributed by atoms with Gasteiger partial charge in [0.1, 0.15) is 5.01 Å². The minimum absolute atomic E-state index is 0.0977. The Morgan fingerprint density at radius 2 is 2.25 bits per heavy atom. The maximum Gasteiger partial charge on any atom is 0.275 e. The van der Waals surface area contributed by atoms with E-state index in [1.165, 1.54) is 34.8 Å². The van der Waals surface area contributed by atoms with Gasteiger partial charge in [0, 0.05) is 17.8 Å². The summed E-state index contributed by atoms with van der Waals surface area (Å²) in [5, 5.41) is 8.71. The van der Waals surface area contributed by atoms with Gasteiger partial charge in [-0.15, -0.1) is 0 Å². The van der Waals surface area contributed by atoms with Gasteiger partial charge >= 0.3 is 0 Å². The van der Waals surface area contributed by atoms with E-state index in [4.69, 9.17) is 0 Å². The smallest absolute Gasteiger partial charge is 0.275 e. The average molecular weight is 293 g/mol. The molecule has 20 heavy (non-hydrogen) atoms. The van der Waals surface area contributed by atoms with E-state index in [1.54, 1.807) is 0 Å². The Morgan fingerprint density at radius 3 is 3.00 bits per heavy atom. The largest absolute Gasteiger partial charge is 0.317 e. The van der Waals surface area contributed by atoms with E-state index >= 15 is 0 Å². The van der Waals surface area contributed by atoms with Crippen molar-refractivity contribution in [2.24, 2.45) is 0 Å². The highest BCUT2D eigenvalue weighted by Gasteiger charge is 2.19. The molecule has 0 atom stereocenters. The quantitative estimate of drug-likeness (QED) is 0.900. The number of piperidine rings is 1. The van der Waals surface area contributed by atoms with Gasteiger partial charge in [-0.3, -0.25) is 9.69 Å². The van der Waals surface area contributed by atoms with E-state index in [0.717, 1.165) is 30.3 Å². The molecule has 0 radical (unpaired) electrons. The molecule has 2 aromatic heterocycles. The third-order valence-corrected chi connectivity index (χ3v) is 4.62. The van der Waals surface area contributed by atoms with Crippen LogP contribution in [0.25, 0.3) is 4.96 Å². The second-order valence-electron chi connectivity index (χ2n) is 5.32. The normalized spacial score (nSPS) is 17.1. The summed E-state index contributed by atoms with van der Waals surface area (Å²) < 4.78 is 1.41. The first kappa shape index (κ1) is 13.7. The van der Waals surface area contributed by atoms with E-state index < -0.39 is 0 Å². The molecular weight excluding hydrogens is 274 g/mol. The maximum absolute atomic E-state index is 11.8. The number of aryl methyl sites for hydroxylation is 1. The summed E-state index contributed by atoms with van der Waals surface area (Å²) in [4.78, 5) is 19.2. The van der Waals surface area contributed by atoms with Crippen molar-refractivity contribution in [3.63, 3.8) is 0 Å². The summed E-state index contributed by atoms with van der Waals surface area (Å²) in [5.74, 6) is 0. The molecule has 0 aliphatic carbocycles. The second-order valence-corrected chi connectivity index (χ2v) is 6.36. The van der Waals surface area contributed by atoms with Crippen LogP contribution in [0, 0.1) is 6.92 Å². The number of rotatable bonds is 3. The minimum Gasteiger partial charge on any atom is -0.317 e. The molecule has 1 N–H and O–H groups in total. The first-order valence-electron chi connectivity index (χ1n) is 6.91. The summed E-state index contributed by atoms with van der Waals surface area (Å²) in [6.45, 7) is 4.77. The molecule has 2 aromatic rings. The van der Waals surface area contributed by atoms with Crippen molar-refractivity contribution in [3.05, 3.63) is 27.1 Å². The Hall–Kier alpha value is -1.31. The zero-order chi connectivity index (χ0) is 14.1. The van der Waals surface area contributed by atoms with Gasteiger partial charge in [-0.05, 0) is 39.9 Å². The molecule has 0 saturated carbocycles. The molecule has 1 aliphatic rings. The van der Waals surface area contributed by atoms with Crippen molar-refractivity contribution < 1.29 is 0 Å². The fourth-order valence-electron chi connectivity index (χ4n) is 2.61. The van der Waals surface area contributed by atoms with Gasteiger partial charge in [0.05, 0.1) is 6.54 Å². The van der Waals surface area contributed by atoms with Gasteiger partial charge in [-0.25, -0.2) is 4.98 Å². The van der Waals surface area contributed by atoms with E-state index in [2.05, 4.69) is 27.3 Å². The lowest BCUT2D eigenvalue weighted by molar-refractivity contribution is 0.191. The summed E-state index contributed by atoms with van der Waals surface area (Å²) in [7, 11) is 2.13. The number of nitrogens with one attached hydrogen (secondary N) is 1. The van der Waals surface area contributed by atoms with Crippen LogP contribution in [0.1, 0.15) is 23.5 Å². The second kappa shape index (κ2) is 5.59. The molecule has 0 unspecified atom stereocenters. The number of nitrogens with zero attached hydrogens (tertiary/aromatic N) is 4. The third-order valence-electron chi connectivity index (χ3n) is 3.73. The average Bonchev–Trinajstić information content (AvgIpc) is 2.82. The van der Waals surface area contributed by atoms with E-state index in [0.29, 0.717) is 11.0 Å². The van der Waals surface area contributed by atoms with Crippen molar-refractivity contribution in [3.8, 4) is 0 Å². The zero-order valence-corrected chi connectivity index (χ0v) is 12.6. The molecule has 6 nitrogen and oxygen atoms in total.